The molecule has 0 saturated heterocycles. The van der Waals surface area contributed by atoms with E-state index in [-0.39, 0.29) is 0 Å². The molecule has 22 aromatic rings. The van der Waals surface area contributed by atoms with Crippen LogP contribution in [0, 0.1) is 6.92 Å². The van der Waals surface area contributed by atoms with Crippen molar-refractivity contribution < 1.29 is 0 Å². The van der Waals surface area contributed by atoms with Crippen LogP contribution < -0.4 is 0 Å². The van der Waals surface area contributed by atoms with Gasteiger partial charge >= 0.3 is 0 Å². The highest BCUT2D eigenvalue weighted by Gasteiger charge is 2.25. The smallest absolute Gasteiger partial charge is 0.160 e. The van der Waals surface area contributed by atoms with Crippen LogP contribution in [-0.4, -0.2) is 44.0 Å². The highest BCUT2D eigenvalue weighted by Crippen LogP contribution is 2.47. The molecule has 0 N–H and O–H groups in total. The Morgan fingerprint density at radius 2 is 0.672 bits per heavy atom. The molecule has 0 bridgehead atoms. The zero-order chi connectivity index (χ0) is 76.7. The maximum absolute atomic E-state index is 5.61. The molecule has 0 saturated carbocycles. The maximum Gasteiger partial charge on any atom is 0.160 e. The number of aromatic nitrogens is 9. The van der Waals surface area contributed by atoms with Gasteiger partial charge in [0.25, 0.3) is 0 Å². The van der Waals surface area contributed by atoms with Crippen molar-refractivity contribution in [2.75, 3.05) is 0 Å². The Kier molecular flexibility index (Phi) is 16.3. The molecule has 9 heteroatoms. The van der Waals surface area contributed by atoms with Gasteiger partial charge in [0, 0.05) is 94.7 Å². The third kappa shape index (κ3) is 11.9. The summed E-state index contributed by atoms with van der Waals surface area (Å²) < 4.78 is 4.83. The molecule has 0 aliphatic carbocycles. The van der Waals surface area contributed by atoms with Gasteiger partial charge in [0.15, 0.2) is 5.82 Å². The number of hydrogen-bond donors (Lipinski definition) is 0. The summed E-state index contributed by atoms with van der Waals surface area (Å²) in [5.41, 5.74) is 30.6. The van der Waals surface area contributed by atoms with Gasteiger partial charge in [-0.05, 0) is 190 Å². The number of benzene rings is 14. The molecule has 8 heterocycles. The molecule has 0 aliphatic rings. The first-order valence-electron chi connectivity index (χ1n) is 39.3. The number of rotatable bonds is 14. The van der Waals surface area contributed by atoms with E-state index >= 15 is 0 Å². The normalized spacial score (nSPS) is 11.7. The first kappa shape index (κ1) is 67.4. The summed E-state index contributed by atoms with van der Waals surface area (Å²) in [4.78, 5) is 36.3. The largest absolute Gasteiger partial charge is 0.309 e. The van der Waals surface area contributed by atoms with E-state index in [1.54, 1.807) is 12.4 Å². The Bertz CT molecular complexity index is 7560. The summed E-state index contributed by atoms with van der Waals surface area (Å²) >= 11 is 0. The fourth-order valence-electron chi connectivity index (χ4n) is 17.3. The molecule has 542 valence electrons. The molecule has 8 aromatic heterocycles. The minimum atomic E-state index is 0.653. The fraction of sp³-hybridized carbons (Fsp3) is 0.0187. The molecule has 22 rings (SSSR count). The number of hydrogen-bond acceptors (Lipinski definition) is 7. The minimum Gasteiger partial charge on any atom is -0.309 e. The zero-order valence-corrected chi connectivity index (χ0v) is 63.2. The molecule has 0 atom stereocenters. The van der Waals surface area contributed by atoms with Crippen molar-refractivity contribution in [3.05, 3.63) is 405 Å². The summed E-state index contributed by atoms with van der Waals surface area (Å²) in [6, 6.07) is 135. The Balaban J connectivity index is 0.593. The molecule has 0 aliphatic heterocycles. The summed E-state index contributed by atoms with van der Waals surface area (Å²) in [6.07, 6.45) is 4.34. The van der Waals surface area contributed by atoms with Gasteiger partial charge in [0.2, 0.25) is 0 Å². The predicted octanol–water partition coefficient (Wildman–Crippen LogP) is 26.8. The van der Waals surface area contributed by atoms with E-state index in [1.807, 2.05) is 36.4 Å². The lowest BCUT2D eigenvalue weighted by molar-refractivity contribution is 1.13. The van der Waals surface area contributed by atoms with Crippen molar-refractivity contribution >= 4 is 87.0 Å². The molecule has 9 nitrogen and oxygen atoms in total. The van der Waals surface area contributed by atoms with Crippen LogP contribution in [0.5, 0.6) is 0 Å². The van der Waals surface area contributed by atoms with Crippen LogP contribution in [0.15, 0.2) is 389 Å². The first-order valence-corrected chi connectivity index (χ1v) is 39.3. The van der Waals surface area contributed by atoms with Gasteiger partial charge in [-0.15, -0.1) is 0 Å². The second kappa shape index (κ2) is 28.1. The van der Waals surface area contributed by atoms with Crippen LogP contribution in [0.25, 0.3) is 211 Å². The second-order valence-electron chi connectivity index (χ2n) is 30.0. The third-order valence-corrected chi connectivity index (χ3v) is 22.9. The Hall–Kier alpha value is -15.5. The lowest BCUT2D eigenvalue weighted by Gasteiger charge is -2.14. The Morgan fingerprint density at radius 1 is 0.224 bits per heavy atom. The monoisotopic (exact) mass is 1480 g/mol. The summed E-state index contributed by atoms with van der Waals surface area (Å²) in [5, 5.41) is 11.4. The van der Waals surface area contributed by atoms with Crippen LogP contribution in [-0.2, 0) is 6.42 Å². The van der Waals surface area contributed by atoms with E-state index in [2.05, 4.69) is 366 Å². The van der Waals surface area contributed by atoms with Crippen LogP contribution in [0.2, 0.25) is 0 Å². The molecule has 14 aromatic carbocycles. The van der Waals surface area contributed by atoms with Gasteiger partial charge in [-0.2, -0.15) is 0 Å². The molecular weight excluding hydrogens is 1410 g/mol. The summed E-state index contributed by atoms with van der Waals surface area (Å²) in [7, 11) is 0. The predicted molar refractivity (Wildman–Crippen MR) is 478 cm³/mol. The average Bonchev–Trinajstić information content (AvgIpc) is 1.52. The second-order valence-corrected chi connectivity index (χ2v) is 30.0. The van der Waals surface area contributed by atoms with Crippen molar-refractivity contribution in [2.24, 2.45) is 0 Å². The van der Waals surface area contributed by atoms with Gasteiger partial charge in [-0.1, -0.05) is 260 Å². The number of fused-ring (bicyclic) bond motifs is 14. The molecule has 0 radical (unpaired) electrons. The van der Waals surface area contributed by atoms with Gasteiger partial charge < -0.3 is 9.13 Å². The molecule has 0 fully saturated rings. The third-order valence-electron chi connectivity index (χ3n) is 22.9. The van der Waals surface area contributed by atoms with Crippen LogP contribution in [0.1, 0.15) is 16.7 Å². The fourth-order valence-corrected chi connectivity index (χ4v) is 17.3. The molecular formula is C107H69N9. The van der Waals surface area contributed by atoms with Gasteiger partial charge in [0.05, 0.1) is 78.7 Å². The summed E-state index contributed by atoms with van der Waals surface area (Å²) in [6.45, 7) is 2.12. The van der Waals surface area contributed by atoms with E-state index < -0.39 is 0 Å². The standard InChI is InChI=1S/C107H69N9/c1-67-37-41-72(42-38-67)93-66-94(114-107(113-93)79-27-20-26-76(61-79)78-50-54-90-88(63-78)84-51-55-99-101(103(84)105(112-90)74-22-5-2-6-23-74)85-31-11-13-35-97(85)115(99)81-28-9-4-10-29-81)73-43-39-68(40-44-73)59-69-21-19-30-82(60-69)116-98-36-14-12-32-86(98)102-100(116)56-52-83-87-62-77(49-53-89(87)111-106(104(83)102)75-24-7-3-8-25-75)70-45-47-71(48-46-70)80-64-95(91-33-15-17-57-108-91)110-96(65-80)92-34-16-18-58-109-92/h2-58,60-66H,59H2,1H3. The van der Waals surface area contributed by atoms with Crippen molar-refractivity contribution in [1.29, 1.82) is 0 Å². The SMILES string of the molecule is Cc1ccc(-c2cc(-c3ccc(Cc4cccc(-n5c6ccccc6c6c7c(-c8ccccc8)nc8ccc(-c9ccc(-c%10cc(-c%11ccccn%11)nc(-c%11ccccn%11)c%10)cc9)cc8c7ccc65)c4)cc3)nc(-c3cccc(-c4ccc5nc(-c6ccccc6)c6c(ccc7c6c6ccccc6n7-c6ccccc6)c5c4)c3)n2)cc1. The van der Waals surface area contributed by atoms with Gasteiger partial charge in [-0.3, -0.25) is 9.97 Å². The van der Waals surface area contributed by atoms with Crippen molar-refractivity contribution in [2.45, 2.75) is 13.3 Å². The van der Waals surface area contributed by atoms with Crippen molar-refractivity contribution in [3.8, 4) is 124 Å². The van der Waals surface area contributed by atoms with E-state index in [0.29, 0.717) is 5.82 Å². The van der Waals surface area contributed by atoms with Gasteiger partial charge in [-0.25, -0.2) is 24.9 Å². The lowest BCUT2D eigenvalue weighted by Crippen LogP contribution is -1.97. The highest BCUT2D eigenvalue weighted by atomic mass is 15.0. The average molecular weight is 1480 g/mol. The molecule has 116 heavy (non-hydrogen) atoms. The first-order chi connectivity index (χ1) is 57.4. The lowest BCUT2D eigenvalue weighted by atomic mass is 9.94. The number of nitrogens with zero attached hydrogens (tertiary/aromatic N) is 9. The number of aryl methyl sites for hydroxylation is 1. The van der Waals surface area contributed by atoms with Crippen molar-refractivity contribution in [3.63, 3.8) is 0 Å². The molecule has 0 unspecified atom stereocenters. The highest BCUT2D eigenvalue weighted by molar-refractivity contribution is 6.30. The maximum atomic E-state index is 5.61. The van der Waals surface area contributed by atoms with E-state index in [0.717, 1.165) is 190 Å². The Labute approximate surface area is 669 Å². The Morgan fingerprint density at radius 3 is 1.23 bits per heavy atom. The van der Waals surface area contributed by atoms with E-state index in [4.69, 9.17) is 24.9 Å². The van der Waals surface area contributed by atoms with Crippen LogP contribution in [0.3, 0.4) is 0 Å². The van der Waals surface area contributed by atoms with Gasteiger partial charge in [0.1, 0.15) is 0 Å². The van der Waals surface area contributed by atoms with Crippen LogP contribution in [0.4, 0.5) is 0 Å². The minimum absolute atomic E-state index is 0.653. The molecule has 0 spiro atoms. The number of pyridine rings is 5. The van der Waals surface area contributed by atoms with E-state index in [9.17, 15) is 0 Å². The topological polar surface area (TPSA) is 100 Å². The van der Waals surface area contributed by atoms with E-state index in [1.165, 1.54) is 38.2 Å². The zero-order valence-electron chi connectivity index (χ0n) is 63.2. The van der Waals surface area contributed by atoms with Crippen LogP contribution >= 0.6 is 0 Å². The quantitative estimate of drug-likeness (QED) is 0.1000. The number of para-hydroxylation sites is 3. The van der Waals surface area contributed by atoms with Crippen molar-refractivity contribution in [1.82, 2.24) is 44.0 Å². The summed E-state index contributed by atoms with van der Waals surface area (Å²) in [5.74, 6) is 0.653. The molecule has 0 amide bonds.